The van der Waals surface area contributed by atoms with Crippen LogP contribution in [0.5, 0.6) is 0 Å². The molecule has 0 bridgehead atoms. The number of anilines is 1. The zero-order chi connectivity index (χ0) is 13.7. The Morgan fingerprint density at radius 2 is 2.05 bits per heavy atom. The molecule has 98 valence electrons. The van der Waals surface area contributed by atoms with Gasteiger partial charge in [-0.25, -0.2) is 14.4 Å². The van der Waals surface area contributed by atoms with Gasteiger partial charge < -0.3 is 10.6 Å². The molecule has 0 aliphatic rings. The molecule has 0 fully saturated rings. The normalized spacial score (nSPS) is 10.0. The van der Waals surface area contributed by atoms with Crippen molar-refractivity contribution >= 4 is 11.7 Å². The second-order valence-corrected chi connectivity index (χ2v) is 3.81. The summed E-state index contributed by atoms with van der Waals surface area (Å²) in [7, 11) is 1.71. The highest BCUT2D eigenvalue weighted by Gasteiger charge is 2.08. The van der Waals surface area contributed by atoms with Gasteiger partial charge in [-0.1, -0.05) is 18.2 Å². The van der Waals surface area contributed by atoms with Crippen LogP contribution in [0.25, 0.3) is 0 Å². The molecule has 19 heavy (non-hydrogen) atoms. The SMILES string of the molecule is CNc1cnc(C(=O)NCc2ccccc2F)cn1. The van der Waals surface area contributed by atoms with Crippen LogP contribution in [-0.4, -0.2) is 22.9 Å². The highest BCUT2D eigenvalue weighted by Crippen LogP contribution is 2.06. The van der Waals surface area contributed by atoms with E-state index in [9.17, 15) is 9.18 Å². The van der Waals surface area contributed by atoms with Crippen LogP contribution >= 0.6 is 0 Å². The summed E-state index contributed by atoms with van der Waals surface area (Å²) in [6.45, 7) is 0.112. The van der Waals surface area contributed by atoms with Crippen molar-refractivity contribution in [1.29, 1.82) is 0 Å². The topological polar surface area (TPSA) is 66.9 Å². The van der Waals surface area contributed by atoms with E-state index in [2.05, 4.69) is 20.6 Å². The lowest BCUT2D eigenvalue weighted by Crippen LogP contribution is -2.24. The van der Waals surface area contributed by atoms with E-state index in [1.54, 1.807) is 25.2 Å². The quantitative estimate of drug-likeness (QED) is 0.876. The molecule has 0 spiro atoms. The number of benzene rings is 1. The van der Waals surface area contributed by atoms with Crippen LogP contribution in [0.3, 0.4) is 0 Å². The fourth-order valence-corrected chi connectivity index (χ4v) is 1.48. The van der Waals surface area contributed by atoms with Gasteiger partial charge in [0.2, 0.25) is 0 Å². The Balaban J connectivity index is 1.99. The zero-order valence-electron chi connectivity index (χ0n) is 10.4. The molecule has 1 amide bonds. The lowest BCUT2D eigenvalue weighted by atomic mass is 10.2. The Labute approximate surface area is 109 Å². The van der Waals surface area contributed by atoms with Crippen molar-refractivity contribution in [1.82, 2.24) is 15.3 Å². The summed E-state index contributed by atoms with van der Waals surface area (Å²) >= 11 is 0. The van der Waals surface area contributed by atoms with Crippen molar-refractivity contribution in [2.24, 2.45) is 0 Å². The van der Waals surface area contributed by atoms with E-state index < -0.39 is 5.91 Å². The van der Waals surface area contributed by atoms with Crippen molar-refractivity contribution in [2.45, 2.75) is 6.54 Å². The number of aromatic nitrogens is 2. The molecular weight excluding hydrogens is 247 g/mol. The lowest BCUT2D eigenvalue weighted by molar-refractivity contribution is 0.0945. The van der Waals surface area contributed by atoms with Crippen molar-refractivity contribution < 1.29 is 9.18 Å². The Bertz CT molecular complexity index is 571. The zero-order valence-corrected chi connectivity index (χ0v) is 10.4. The Kier molecular flexibility index (Phi) is 4.02. The van der Waals surface area contributed by atoms with Gasteiger partial charge in [-0.15, -0.1) is 0 Å². The number of nitrogens with zero attached hydrogens (tertiary/aromatic N) is 2. The third-order valence-corrected chi connectivity index (χ3v) is 2.54. The first kappa shape index (κ1) is 12.9. The molecular formula is C13H13FN4O. The first-order valence-electron chi connectivity index (χ1n) is 5.72. The minimum atomic E-state index is -0.390. The molecule has 0 radical (unpaired) electrons. The molecule has 2 rings (SSSR count). The minimum Gasteiger partial charge on any atom is -0.372 e. The van der Waals surface area contributed by atoms with Crippen molar-refractivity contribution in [3.05, 3.63) is 53.7 Å². The lowest BCUT2D eigenvalue weighted by Gasteiger charge is -2.06. The van der Waals surface area contributed by atoms with Gasteiger partial charge in [0, 0.05) is 19.2 Å². The maximum Gasteiger partial charge on any atom is 0.271 e. The Morgan fingerprint density at radius 3 is 2.68 bits per heavy atom. The molecule has 0 saturated carbocycles. The highest BCUT2D eigenvalue weighted by molar-refractivity contribution is 5.91. The number of halogens is 1. The van der Waals surface area contributed by atoms with E-state index in [-0.39, 0.29) is 18.1 Å². The summed E-state index contributed by atoms with van der Waals surface area (Å²) < 4.78 is 13.4. The molecule has 2 aromatic rings. The van der Waals surface area contributed by atoms with Crippen LogP contribution in [0, 0.1) is 5.82 Å². The van der Waals surface area contributed by atoms with Crippen LogP contribution in [0.2, 0.25) is 0 Å². The second kappa shape index (κ2) is 5.90. The first-order chi connectivity index (χ1) is 9.20. The second-order valence-electron chi connectivity index (χ2n) is 3.81. The number of hydrogen-bond donors (Lipinski definition) is 2. The molecule has 0 aliphatic carbocycles. The molecule has 0 aliphatic heterocycles. The predicted octanol–water partition coefficient (Wildman–Crippen LogP) is 1.59. The maximum absolute atomic E-state index is 13.4. The van der Waals surface area contributed by atoms with Gasteiger partial charge in [-0.3, -0.25) is 4.79 Å². The van der Waals surface area contributed by atoms with Crippen LogP contribution < -0.4 is 10.6 Å². The third-order valence-electron chi connectivity index (χ3n) is 2.54. The molecule has 1 heterocycles. The summed E-state index contributed by atoms with van der Waals surface area (Å²) in [5.41, 5.74) is 0.617. The smallest absolute Gasteiger partial charge is 0.271 e. The van der Waals surface area contributed by atoms with E-state index in [4.69, 9.17) is 0 Å². The molecule has 1 aromatic carbocycles. The number of amides is 1. The van der Waals surface area contributed by atoms with E-state index in [0.717, 1.165) is 0 Å². The van der Waals surface area contributed by atoms with Gasteiger partial charge in [0.1, 0.15) is 17.3 Å². The van der Waals surface area contributed by atoms with Crippen LogP contribution in [0.1, 0.15) is 16.1 Å². The molecule has 1 aromatic heterocycles. The van der Waals surface area contributed by atoms with E-state index in [1.807, 2.05) is 0 Å². The number of rotatable bonds is 4. The predicted molar refractivity (Wildman–Crippen MR) is 69.1 cm³/mol. The number of carbonyl (C=O) groups is 1. The molecule has 0 unspecified atom stereocenters. The first-order valence-corrected chi connectivity index (χ1v) is 5.72. The molecule has 0 saturated heterocycles. The summed E-state index contributed by atoms with van der Waals surface area (Å²) in [6.07, 6.45) is 2.82. The standard InChI is InChI=1S/C13H13FN4O/c1-15-12-8-16-11(7-17-12)13(19)18-6-9-4-2-3-5-10(9)14/h2-5,7-8H,6H2,1H3,(H,15,17)(H,18,19). The van der Waals surface area contributed by atoms with Gasteiger partial charge in [-0.2, -0.15) is 0 Å². The summed E-state index contributed by atoms with van der Waals surface area (Å²) in [5.74, 6) is -0.163. The van der Waals surface area contributed by atoms with Crippen molar-refractivity contribution in [2.75, 3.05) is 12.4 Å². The molecule has 0 atom stereocenters. The van der Waals surface area contributed by atoms with E-state index in [0.29, 0.717) is 11.4 Å². The van der Waals surface area contributed by atoms with Gasteiger partial charge in [0.15, 0.2) is 0 Å². The third kappa shape index (κ3) is 3.25. The van der Waals surface area contributed by atoms with Crippen LogP contribution in [0.15, 0.2) is 36.7 Å². The molecule has 2 N–H and O–H groups in total. The monoisotopic (exact) mass is 260 g/mol. The average Bonchev–Trinajstić information content (AvgIpc) is 2.46. The van der Waals surface area contributed by atoms with Gasteiger partial charge >= 0.3 is 0 Å². The molecule has 6 heteroatoms. The Hall–Kier alpha value is -2.50. The molecule has 5 nitrogen and oxygen atoms in total. The summed E-state index contributed by atoms with van der Waals surface area (Å²) in [6, 6.07) is 6.28. The fourth-order valence-electron chi connectivity index (χ4n) is 1.48. The number of nitrogens with one attached hydrogen (secondary N) is 2. The minimum absolute atomic E-state index is 0.112. The van der Waals surface area contributed by atoms with Gasteiger partial charge in [-0.05, 0) is 6.07 Å². The summed E-state index contributed by atoms with van der Waals surface area (Å²) in [4.78, 5) is 19.7. The van der Waals surface area contributed by atoms with Gasteiger partial charge in [0.05, 0.1) is 12.4 Å². The van der Waals surface area contributed by atoms with Crippen LogP contribution in [-0.2, 0) is 6.54 Å². The van der Waals surface area contributed by atoms with E-state index in [1.165, 1.54) is 18.5 Å². The maximum atomic E-state index is 13.4. The highest BCUT2D eigenvalue weighted by atomic mass is 19.1. The number of hydrogen-bond acceptors (Lipinski definition) is 4. The fraction of sp³-hybridized carbons (Fsp3) is 0.154. The van der Waals surface area contributed by atoms with Gasteiger partial charge in [0.25, 0.3) is 5.91 Å². The Morgan fingerprint density at radius 1 is 1.26 bits per heavy atom. The summed E-state index contributed by atoms with van der Waals surface area (Å²) in [5, 5.41) is 5.40. The largest absolute Gasteiger partial charge is 0.372 e. The van der Waals surface area contributed by atoms with Crippen LogP contribution in [0.4, 0.5) is 10.2 Å². The van der Waals surface area contributed by atoms with Crippen molar-refractivity contribution in [3.8, 4) is 0 Å². The van der Waals surface area contributed by atoms with E-state index >= 15 is 0 Å². The average molecular weight is 260 g/mol. The van der Waals surface area contributed by atoms with Crippen molar-refractivity contribution in [3.63, 3.8) is 0 Å². The number of carbonyl (C=O) groups excluding carboxylic acids is 1.